The van der Waals surface area contributed by atoms with E-state index in [0.717, 1.165) is 24.2 Å². The first kappa shape index (κ1) is 18.0. The van der Waals surface area contributed by atoms with Crippen LogP contribution in [0.1, 0.15) is 29.8 Å². The highest BCUT2D eigenvalue weighted by Crippen LogP contribution is 2.26. The Kier molecular flexibility index (Phi) is 4.27. The predicted octanol–water partition coefficient (Wildman–Crippen LogP) is 1.16. The number of anilines is 1. The number of amides is 3. The number of carbonyl (C=O) groups excluding carboxylic acids is 2. The van der Waals surface area contributed by atoms with Crippen molar-refractivity contribution in [1.82, 2.24) is 35.2 Å². The van der Waals surface area contributed by atoms with Crippen molar-refractivity contribution in [3.8, 4) is 6.01 Å². The Balaban J connectivity index is 1.50. The zero-order valence-corrected chi connectivity index (χ0v) is 16.0. The molecule has 5 rings (SSSR count). The number of nitrogens with zero attached hydrogens (tertiary/aromatic N) is 5. The maximum atomic E-state index is 11.9. The second-order valence-electron chi connectivity index (χ2n) is 7.11. The van der Waals surface area contributed by atoms with E-state index in [4.69, 9.17) is 4.74 Å². The fraction of sp³-hybridized carbons (Fsp3) is 0.263. The summed E-state index contributed by atoms with van der Waals surface area (Å²) in [5.41, 5.74) is 2.77. The van der Waals surface area contributed by atoms with Gasteiger partial charge in [0.1, 0.15) is 12.3 Å². The molecule has 11 heteroatoms. The van der Waals surface area contributed by atoms with E-state index in [0.29, 0.717) is 23.2 Å². The monoisotopic (exact) mass is 406 g/mol. The van der Waals surface area contributed by atoms with Gasteiger partial charge in [0.2, 0.25) is 5.95 Å². The summed E-state index contributed by atoms with van der Waals surface area (Å²) in [6.07, 6.45) is 5.18. The van der Waals surface area contributed by atoms with Crippen LogP contribution < -0.4 is 20.7 Å². The Morgan fingerprint density at radius 2 is 2.10 bits per heavy atom. The number of ether oxygens (including phenoxy) is 1. The van der Waals surface area contributed by atoms with Crippen molar-refractivity contribution in [2.24, 2.45) is 0 Å². The molecule has 4 heterocycles. The molecule has 0 unspecified atom stereocenters. The molecule has 2 aliphatic rings. The smallest absolute Gasteiger partial charge is 0.326 e. The van der Waals surface area contributed by atoms with Crippen molar-refractivity contribution in [2.75, 3.05) is 5.32 Å². The zero-order chi connectivity index (χ0) is 20.7. The summed E-state index contributed by atoms with van der Waals surface area (Å²) in [4.78, 5) is 36.5. The second kappa shape index (κ2) is 7.10. The molecule has 2 fully saturated rings. The van der Waals surface area contributed by atoms with Gasteiger partial charge in [0.05, 0.1) is 11.9 Å². The van der Waals surface area contributed by atoms with Crippen LogP contribution in [0.15, 0.2) is 30.1 Å². The van der Waals surface area contributed by atoms with Crippen LogP contribution in [0.2, 0.25) is 0 Å². The van der Waals surface area contributed by atoms with Gasteiger partial charge in [-0.15, -0.1) is 0 Å². The summed E-state index contributed by atoms with van der Waals surface area (Å²) in [7, 11) is 0. The van der Waals surface area contributed by atoms with Crippen LogP contribution in [0.5, 0.6) is 6.01 Å². The highest BCUT2D eigenvalue weighted by Gasteiger charge is 2.26. The maximum Gasteiger partial charge on any atom is 0.326 e. The van der Waals surface area contributed by atoms with Crippen molar-refractivity contribution in [3.05, 3.63) is 47.0 Å². The fourth-order valence-corrected chi connectivity index (χ4v) is 3.00. The van der Waals surface area contributed by atoms with Crippen molar-refractivity contribution in [2.45, 2.75) is 32.4 Å². The minimum Gasteiger partial charge on any atom is -0.457 e. The van der Waals surface area contributed by atoms with Crippen LogP contribution in [0, 0.1) is 6.92 Å². The van der Waals surface area contributed by atoms with E-state index < -0.39 is 11.9 Å². The quantitative estimate of drug-likeness (QED) is 0.410. The predicted molar refractivity (Wildman–Crippen MR) is 105 cm³/mol. The molecule has 1 aliphatic heterocycles. The normalized spacial score (nSPS) is 17.3. The molecule has 0 aromatic carbocycles. The molecule has 3 amide bonds. The molecule has 1 aliphatic carbocycles. The van der Waals surface area contributed by atoms with Gasteiger partial charge in [0.15, 0.2) is 5.65 Å². The number of nitrogens with one attached hydrogen (secondary N) is 3. The molecule has 0 spiro atoms. The second-order valence-corrected chi connectivity index (χ2v) is 7.11. The van der Waals surface area contributed by atoms with Crippen LogP contribution >= 0.6 is 0 Å². The zero-order valence-electron chi connectivity index (χ0n) is 16.0. The van der Waals surface area contributed by atoms with Crippen LogP contribution in [0.4, 0.5) is 10.7 Å². The SMILES string of the molecule is Cc1cccc(COc2nc(NC3CC3)n3ncc(/C=C4\NC(=O)NC4=O)c3n2)n1. The number of rotatable bonds is 6. The molecule has 3 aromatic heterocycles. The van der Waals surface area contributed by atoms with Gasteiger partial charge in [0, 0.05) is 17.3 Å². The maximum absolute atomic E-state index is 11.9. The van der Waals surface area contributed by atoms with Gasteiger partial charge in [-0.2, -0.15) is 19.6 Å². The molecule has 3 aromatic rings. The van der Waals surface area contributed by atoms with Crippen LogP contribution in [0.3, 0.4) is 0 Å². The summed E-state index contributed by atoms with van der Waals surface area (Å²) in [5, 5.41) is 12.3. The molecule has 152 valence electrons. The van der Waals surface area contributed by atoms with Gasteiger partial charge in [-0.05, 0) is 38.0 Å². The van der Waals surface area contributed by atoms with Gasteiger partial charge in [-0.1, -0.05) is 6.07 Å². The summed E-state index contributed by atoms with van der Waals surface area (Å²) in [6.45, 7) is 2.12. The highest BCUT2D eigenvalue weighted by atomic mass is 16.5. The van der Waals surface area contributed by atoms with E-state index in [1.807, 2.05) is 25.1 Å². The molecule has 1 saturated carbocycles. The van der Waals surface area contributed by atoms with E-state index >= 15 is 0 Å². The van der Waals surface area contributed by atoms with Gasteiger partial charge >= 0.3 is 12.0 Å². The highest BCUT2D eigenvalue weighted by molar-refractivity contribution is 6.14. The number of aromatic nitrogens is 5. The van der Waals surface area contributed by atoms with E-state index in [1.54, 1.807) is 10.7 Å². The largest absolute Gasteiger partial charge is 0.457 e. The third-order valence-electron chi connectivity index (χ3n) is 4.60. The molecular weight excluding hydrogens is 388 g/mol. The fourth-order valence-electron chi connectivity index (χ4n) is 3.00. The lowest BCUT2D eigenvalue weighted by Crippen LogP contribution is -2.22. The average molecular weight is 406 g/mol. The summed E-state index contributed by atoms with van der Waals surface area (Å²) in [5.74, 6) is -0.00834. The van der Waals surface area contributed by atoms with Gasteiger partial charge < -0.3 is 15.4 Å². The average Bonchev–Trinajstić information content (AvgIpc) is 3.35. The van der Waals surface area contributed by atoms with Crippen LogP contribution in [-0.4, -0.2) is 42.5 Å². The van der Waals surface area contributed by atoms with E-state index in [-0.39, 0.29) is 18.3 Å². The van der Waals surface area contributed by atoms with Crippen molar-refractivity contribution < 1.29 is 14.3 Å². The third kappa shape index (κ3) is 3.64. The first-order valence-electron chi connectivity index (χ1n) is 9.47. The number of imide groups is 1. The number of carbonyl (C=O) groups is 2. The third-order valence-corrected chi connectivity index (χ3v) is 4.60. The van der Waals surface area contributed by atoms with Crippen molar-refractivity contribution >= 4 is 29.6 Å². The lowest BCUT2D eigenvalue weighted by molar-refractivity contribution is -0.115. The topological polar surface area (TPSA) is 135 Å². The summed E-state index contributed by atoms with van der Waals surface area (Å²) in [6, 6.07) is 5.61. The number of pyridine rings is 1. The van der Waals surface area contributed by atoms with Gasteiger partial charge in [-0.25, -0.2) is 4.79 Å². The van der Waals surface area contributed by atoms with Gasteiger partial charge in [-0.3, -0.25) is 15.1 Å². The Morgan fingerprint density at radius 1 is 1.23 bits per heavy atom. The number of aryl methyl sites for hydroxylation is 1. The van der Waals surface area contributed by atoms with E-state index in [1.165, 1.54) is 6.08 Å². The summed E-state index contributed by atoms with van der Waals surface area (Å²) < 4.78 is 7.35. The molecule has 0 radical (unpaired) electrons. The molecule has 0 bridgehead atoms. The van der Waals surface area contributed by atoms with Crippen molar-refractivity contribution in [1.29, 1.82) is 0 Å². The van der Waals surface area contributed by atoms with Crippen LogP contribution in [-0.2, 0) is 11.4 Å². The van der Waals surface area contributed by atoms with Gasteiger partial charge in [0.25, 0.3) is 5.91 Å². The lowest BCUT2D eigenvalue weighted by Gasteiger charge is -2.09. The molecule has 1 saturated heterocycles. The summed E-state index contributed by atoms with van der Waals surface area (Å²) >= 11 is 0. The first-order chi connectivity index (χ1) is 14.5. The molecule has 3 N–H and O–H groups in total. The minimum atomic E-state index is -0.567. The minimum absolute atomic E-state index is 0.122. The number of fused-ring (bicyclic) bond motifs is 1. The van der Waals surface area contributed by atoms with E-state index in [2.05, 4.69) is 36.0 Å². The standard InChI is InChI=1S/C19H18N8O3/c1-10-3-2-4-13(21-10)9-30-19-24-15-11(7-14-16(28)25-18(29)23-14)8-20-27(15)17(26-19)22-12-5-6-12/h2-4,7-8,12H,5-6,9H2,1H3,(H,22,24,26)(H2,23,25,28,29)/b14-7-. The Bertz CT molecular complexity index is 1200. The Morgan fingerprint density at radius 3 is 2.83 bits per heavy atom. The number of hydrogen-bond acceptors (Lipinski definition) is 8. The van der Waals surface area contributed by atoms with Crippen LogP contribution in [0.25, 0.3) is 11.7 Å². The lowest BCUT2D eigenvalue weighted by atomic mass is 10.2. The Labute approximate surface area is 170 Å². The molecule has 30 heavy (non-hydrogen) atoms. The van der Waals surface area contributed by atoms with E-state index in [9.17, 15) is 9.59 Å². The van der Waals surface area contributed by atoms with Crippen molar-refractivity contribution in [3.63, 3.8) is 0 Å². The first-order valence-corrected chi connectivity index (χ1v) is 9.47. The molecular formula is C19H18N8O3. The number of urea groups is 1. The molecule has 11 nitrogen and oxygen atoms in total. The Hall–Kier alpha value is -4.02. The molecule has 0 atom stereocenters. The number of hydrogen-bond donors (Lipinski definition) is 3.